The van der Waals surface area contributed by atoms with Crippen LogP contribution in [0.25, 0.3) is 0 Å². The highest BCUT2D eigenvalue weighted by molar-refractivity contribution is 5.96. The number of aryl methyl sites for hydroxylation is 1. The predicted molar refractivity (Wildman–Crippen MR) is 76.7 cm³/mol. The number of rotatable bonds is 3. The summed E-state index contributed by atoms with van der Waals surface area (Å²) in [6, 6.07) is 4.25. The van der Waals surface area contributed by atoms with Gasteiger partial charge in [-0.3, -0.25) is 14.9 Å². The van der Waals surface area contributed by atoms with Gasteiger partial charge < -0.3 is 10.6 Å². The van der Waals surface area contributed by atoms with Crippen LogP contribution < -0.4 is 10.6 Å². The molecular weight excluding hydrogens is 258 g/mol. The number of amides is 1. The van der Waals surface area contributed by atoms with E-state index >= 15 is 0 Å². The van der Waals surface area contributed by atoms with Crippen molar-refractivity contribution in [1.29, 1.82) is 0 Å². The number of nitro benzene ring substituents is 1. The average Bonchev–Trinajstić information content (AvgIpc) is 2.41. The molecule has 1 heterocycles. The number of nitro groups is 1. The first-order valence-corrected chi connectivity index (χ1v) is 6.78. The second-order valence-corrected chi connectivity index (χ2v) is 5.30. The monoisotopic (exact) mass is 277 g/mol. The summed E-state index contributed by atoms with van der Waals surface area (Å²) in [7, 11) is 0. The summed E-state index contributed by atoms with van der Waals surface area (Å²) in [4.78, 5) is 22.6. The molecule has 6 nitrogen and oxygen atoms in total. The Morgan fingerprint density at radius 3 is 2.90 bits per heavy atom. The zero-order chi connectivity index (χ0) is 14.7. The summed E-state index contributed by atoms with van der Waals surface area (Å²) >= 11 is 0. The molecule has 1 aliphatic heterocycles. The Balaban J connectivity index is 2.14. The topological polar surface area (TPSA) is 84.3 Å². The molecule has 1 saturated heterocycles. The fourth-order valence-electron chi connectivity index (χ4n) is 2.47. The highest BCUT2D eigenvalue weighted by Crippen LogP contribution is 2.23. The lowest BCUT2D eigenvalue weighted by molar-refractivity contribution is -0.384. The fourth-order valence-corrected chi connectivity index (χ4v) is 2.47. The molecule has 0 aromatic heterocycles. The van der Waals surface area contributed by atoms with Crippen LogP contribution in [0.2, 0.25) is 0 Å². The molecule has 1 aliphatic rings. The third-order valence-corrected chi connectivity index (χ3v) is 3.74. The summed E-state index contributed by atoms with van der Waals surface area (Å²) in [6.45, 7) is 4.68. The first kappa shape index (κ1) is 14.5. The molecule has 0 saturated carbocycles. The number of benzene rings is 1. The quantitative estimate of drug-likeness (QED) is 0.655. The second kappa shape index (κ2) is 6.00. The van der Waals surface area contributed by atoms with Crippen LogP contribution in [0, 0.1) is 23.0 Å². The number of carbonyl (C=O) groups is 1. The molecule has 1 aromatic carbocycles. The van der Waals surface area contributed by atoms with Crippen LogP contribution in [0.3, 0.4) is 0 Å². The van der Waals surface area contributed by atoms with Gasteiger partial charge in [0.2, 0.25) is 5.91 Å². The Kier molecular flexibility index (Phi) is 4.34. The number of hydrogen-bond donors (Lipinski definition) is 2. The van der Waals surface area contributed by atoms with Crippen LogP contribution in [-0.2, 0) is 4.79 Å². The van der Waals surface area contributed by atoms with Gasteiger partial charge in [-0.2, -0.15) is 0 Å². The van der Waals surface area contributed by atoms with E-state index in [1.807, 2.05) is 13.8 Å². The third kappa shape index (κ3) is 3.14. The van der Waals surface area contributed by atoms with Crippen molar-refractivity contribution in [2.75, 3.05) is 11.9 Å². The molecule has 0 spiro atoms. The second-order valence-electron chi connectivity index (χ2n) is 5.30. The minimum atomic E-state index is -0.462. The van der Waals surface area contributed by atoms with E-state index in [0.717, 1.165) is 24.9 Å². The van der Waals surface area contributed by atoms with E-state index in [0.29, 0.717) is 5.69 Å². The van der Waals surface area contributed by atoms with Crippen LogP contribution in [-0.4, -0.2) is 23.4 Å². The van der Waals surface area contributed by atoms with Gasteiger partial charge in [0.05, 0.1) is 16.7 Å². The van der Waals surface area contributed by atoms with E-state index < -0.39 is 4.92 Å². The van der Waals surface area contributed by atoms with Gasteiger partial charge >= 0.3 is 0 Å². The van der Waals surface area contributed by atoms with Gasteiger partial charge in [0.1, 0.15) is 0 Å². The van der Waals surface area contributed by atoms with Crippen LogP contribution in [0.5, 0.6) is 0 Å². The van der Waals surface area contributed by atoms with Gasteiger partial charge in [-0.25, -0.2) is 0 Å². The molecule has 2 atom stereocenters. The maximum atomic E-state index is 12.3. The number of non-ortho nitro benzene ring substituents is 1. The minimum Gasteiger partial charge on any atom is -0.324 e. The van der Waals surface area contributed by atoms with Crippen LogP contribution in [0.15, 0.2) is 18.2 Å². The lowest BCUT2D eigenvalue weighted by Gasteiger charge is -2.29. The summed E-state index contributed by atoms with van der Waals surface area (Å²) < 4.78 is 0. The lowest BCUT2D eigenvalue weighted by Crippen LogP contribution is -2.48. The largest absolute Gasteiger partial charge is 0.324 e. The number of piperidine rings is 1. The van der Waals surface area contributed by atoms with Gasteiger partial charge in [-0.05, 0) is 37.8 Å². The van der Waals surface area contributed by atoms with Crippen molar-refractivity contribution in [2.45, 2.75) is 32.7 Å². The van der Waals surface area contributed by atoms with Gasteiger partial charge in [0.15, 0.2) is 0 Å². The Bertz CT molecular complexity index is 530. The first-order chi connectivity index (χ1) is 9.49. The normalized spacial score (nSPS) is 22.3. The third-order valence-electron chi connectivity index (χ3n) is 3.74. The SMILES string of the molecule is Cc1ccc([N+](=O)[O-])cc1NC(=O)C1NCCCC1C. The molecule has 1 fully saturated rings. The smallest absolute Gasteiger partial charge is 0.271 e. The highest BCUT2D eigenvalue weighted by Gasteiger charge is 2.27. The number of nitrogens with zero attached hydrogens (tertiary/aromatic N) is 1. The molecule has 2 N–H and O–H groups in total. The van der Waals surface area contributed by atoms with Crippen molar-refractivity contribution in [3.05, 3.63) is 33.9 Å². The summed E-state index contributed by atoms with van der Waals surface area (Å²) in [5, 5.41) is 16.8. The van der Waals surface area contributed by atoms with Crippen molar-refractivity contribution < 1.29 is 9.72 Å². The maximum absolute atomic E-state index is 12.3. The van der Waals surface area contributed by atoms with Gasteiger partial charge in [-0.1, -0.05) is 13.0 Å². The molecule has 0 radical (unpaired) electrons. The molecule has 0 bridgehead atoms. The Morgan fingerprint density at radius 2 is 2.25 bits per heavy atom. The maximum Gasteiger partial charge on any atom is 0.271 e. The Hall–Kier alpha value is -1.95. The van der Waals surface area contributed by atoms with E-state index in [-0.39, 0.29) is 23.6 Å². The molecule has 1 amide bonds. The van der Waals surface area contributed by atoms with Gasteiger partial charge in [0.25, 0.3) is 5.69 Å². The number of anilines is 1. The van der Waals surface area contributed by atoms with Gasteiger partial charge in [-0.15, -0.1) is 0 Å². The van der Waals surface area contributed by atoms with Crippen molar-refractivity contribution in [3.63, 3.8) is 0 Å². The molecule has 0 aliphatic carbocycles. The highest BCUT2D eigenvalue weighted by atomic mass is 16.6. The predicted octanol–water partition coefficient (Wildman–Crippen LogP) is 2.23. The summed E-state index contributed by atoms with van der Waals surface area (Å²) in [6.07, 6.45) is 2.08. The van der Waals surface area contributed by atoms with Crippen molar-refractivity contribution in [1.82, 2.24) is 5.32 Å². The van der Waals surface area contributed by atoms with Crippen LogP contribution in [0.4, 0.5) is 11.4 Å². The molecule has 20 heavy (non-hydrogen) atoms. The van der Waals surface area contributed by atoms with E-state index in [1.165, 1.54) is 12.1 Å². The number of hydrogen-bond acceptors (Lipinski definition) is 4. The lowest BCUT2D eigenvalue weighted by atomic mass is 9.92. The Morgan fingerprint density at radius 1 is 1.50 bits per heavy atom. The Labute approximate surface area is 117 Å². The number of nitrogens with one attached hydrogen (secondary N) is 2. The van der Waals surface area contributed by atoms with E-state index in [4.69, 9.17) is 0 Å². The minimum absolute atomic E-state index is 0.0180. The average molecular weight is 277 g/mol. The van der Waals surface area contributed by atoms with Crippen LogP contribution in [0.1, 0.15) is 25.3 Å². The summed E-state index contributed by atoms with van der Waals surface area (Å²) in [5.41, 5.74) is 1.30. The van der Waals surface area contributed by atoms with E-state index in [1.54, 1.807) is 6.07 Å². The summed E-state index contributed by atoms with van der Waals surface area (Å²) in [5.74, 6) is 0.142. The standard InChI is InChI=1S/C14H19N3O3/c1-9-5-6-11(17(19)20)8-12(9)16-14(18)13-10(2)4-3-7-15-13/h5-6,8,10,13,15H,3-4,7H2,1-2H3,(H,16,18). The van der Waals surface area contributed by atoms with Crippen LogP contribution >= 0.6 is 0 Å². The van der Waals surface area contributed by atoms with E-state index in [2.05, 4.69) is 10.6 Å². The first-order valence-electron chi connectivity index (χ1n) is 6.78. The molecule has 6 heteroatoms. The molecule has 1 aromatic rings. The fraction of sp³-hybridized carbons (Fsp3) is 0.500. The van der Waals surface area contributed by atoms with E-state index in [9.17, 15) is 14.9 Å². The number of carbonyl (C=O) groups excluding carboxylic acids is 1. The molecule has 108 valence electrons. The van der Waals surface area contributed by atoms with Crippen molar-refractivity contribution >= 4 is 17.3 Å². The molecule has 2 rings (SSSR count). The molecular formula is C14H19N3O3. The van der Waals surface area contributed by atoms with Crippen molar-refractivity contribution in [3.8, 4) is 0 Å². The molecule has 2 unspecified atom stereocenters. The zero-order valence-corrected chi connectivity index (χ0v) is 11.7. The zero-order valence-electron chi connectivity index (χ0n) is 11.7. The van der Waals surface area contributed by atoms with Crippen molar-refractivity contribution in [2.24, 2.45) is 5.92 Å². The van der Waals surface area contributed by atoms with Gasteiger partial charge in [0, 0.05) is 12.1 Å².